The van der Waals surface area contributed by atoms with E-state index < -0.39 is 0 Å². The van der Waals surface area contributed by atoms with E-state index in [9.17, 15) is 0 Å². The smallest absolute Gasteiger partial charge is 0.00402 e. The molecular weight excluding hydrogens is 213 g/mol. The fourth-order valence-corrected chi connectivity index (χ4v) is 4.34. The molecule has 2 rings (SSSR count). The Bertz CT molecular complexity index is 187. The first-order valence-corrected chi connectivity index (χ1v) is 7.74. The predicted molar refractivity (Wildman–Crippen MR) is 75.0 cm³/mol. The van der Waals surface area contributed by atoms with E-state index in [0.717, 1.165) is 0 Å². The van der Waals surface area contributed by atoms with Crippen LogP contribution in [-0.4, -0.2) is 18.2 Å². The van der Waals surface area contributed by atoms with Gasteiger partial charge in [-0.05, 0) is 55.8 Å². The van der Waals surface area contributed by atoms with E-state index in [4.69, 9.17) is 0 Å². The van der Waals surface area contributed by atoms with E-state index in [1.54, 1.807) is 0 Å². The van der Waals surface area contributed by atoms with Crippen molar-refractivity contribution in [2.75, 3.05) is 13.1 Å². The Morgan fingerprint density at radius 2 is 1.50 bits per heavy atom. The standard InChI is InChI=1S/C14H28NP/c1-13(7-4-2-3-5-8-13)14(16)9-6-11-15-12-10-14/h15H,2-12,16H2,1H3. The van der Waals surface area contributed by atoms with Crippen molar-refractivity contribution >= 4 is 9.24 Å². The summed E-state index contributed by atoms with van der Waals surface area (Å²) >= 11 is 0. The molecule has 0 aromatic heterocycles. The number of hydrogen-bond acceptors (Lipinski definition) is 1. The minimum absolute atomic E-state index is 0.515. The first-order chi connectivity index (χ1) is 7.66. The minimum Gasteiger partial charge on any atom is -0.317 e. The molecule has 2 unspecified atom stereocenters. The Kier molecular flexibility index (Phi) is 4.30. The topological polar surface area (TPSA) is 12.0 Å². The van der Waals surface area contributed by atoms with E-state index in [1.807, 2.05) is 0 Å². The second kappa shape index (κ2) is 5.36. The van der Waals surface area contributed by atoms with Crippen LogP contribution in [0.25, 0.3) is 0 Å². The second-order valence-corrected chi connectivity index (χ2v) is 7.34. The maximum atomic E-state index is 3.56. The molecule has 0 bridgehead atoms. The predicted octanol–water partition coefficient (Wildman–Crippen LogP) is 3.73. The first-order valence-electron chi connectivity index (χ1n) is 7.16. The molecule has 2 heteroatoms. The lowest BCUT2D eigenvalue weighted by Gasteiger charge is -2.46. The molecule has 2 fully saturated rings. The molecular formula is C14H28NP. The Morgan fingerprint density at radius 1 is 0.812 bits per heavy atom. The quantitative estimate of drug-likeness (QED) is 0.545. The highest BCUT2D eigenvalue weighted by molar-refractivity contribution is 7.19. The molecule has 2 aliphatic rings. The van der Waals surface area contributed by atoms with E-state index in [0.29, 0.717) is 10.6 Å². The summed E-state index contributed by atoms with van der Waals surface area (Å²) in [6.45, 7) is 5.02. The summed E-state index contributed by atoms with van der Waals surface area (Å²) in [6, 6.07) is 0. The van der Waals surface area contributed by atoms with Crippen molar-refractivity contribution in [2.24, 2.45) is 5.41 Å². The third-order valence-electron chi connectivity index (χ3n) is 5.13. The number of nitrogens with one attached hydrogen (secondary N) is 1. The van der Waals surface area contributed by atoms with Crippen molar-refractivity contribution < 1.29 is 0 Å². The Morgan fingerprint density at radius 3 is 2.19 bits per heavy atom. The van der Waals surface area contributed by atoms with Crippen LogP contribution in [-0.2, 0) is 0 Å². The van der Waals surface area contributed by atoms with Gasteiger partial charge in [-0.3, -0.25) is 0 Å². The highest BCUT2D eigenvalue weighted by Crippen LogP contribution is 2.52. The zero-order chi connectivity index (χ0) is 11.5. The van der Waals surface area contributed by atoms with Gasteiger partial charge in [-0.15, -0.1) is 9.24 Å². The molecule has 16 heavy (non-hydrogen) atoms. The maximum Gasteiger partial charge on any atom is -0.00402 e. The van der Waals surface area contributed by atoms with E-state index in [2.05, 4.69) is 21.5 Å². The maximum absolute atomic E-state index is 3.56. The van der Waals surface area contributed by atoms with Crippen molar-refractivity contribution in [3.63, 3.8) is 0 Å². The van der Waals surface area contributed by atoms with Crippen LogP contribution in [0.1, 0.15) is 64.7 Å². The van der Waals surface area contributed by atoms with Gasteiger partial charge < -0.3 is 5.32 Å². The van der Waals surface area contributed by atoms with Crippen molar-refractivity contribution in [1.82, 2.24) is 5.32 Å². The Labute approximate surface area is 103 Å². The summed E-state index contributed by atoms with van der Waals surface area (Å²) in [4.78, 5) is 0. The van der Waals surface area contributed by atoms with Crippen molar-refractivity contribution in [3.05, 3.63) is 0 Å². The molecule has 0 aromatic carbocycles. The van der Waals surface area contributed by atoms with Crippen molar-refractivity contribution in [3.8, 4) is 0 Å². The van der Waals surface area contributed by atoms with Gasteiger partial charge in [-0.1, -0.05) is 32.6 Å². The molecule has 0 amide bonds. The fourth-order valence-electron chi connectivity index (χ4n) is 3.70. The van der Waals surface area contributed by atoms with Crippen LogP contribution >= 0.6 is 9.24 Å². The van der Waals surface area contributed by atoms with Crippen LogP contribution < -0.4 is 5.32 Å². The molecule has 94 valence electrons. The molecule has 1 aliphatic heterocycles. The SMILES string of the molecule is CC1(C2(P)CCCNCC2)CCCCCC1. The normalized spacial score (nSPS) is 36.4. The summed E-state index contributed by atoms with van der Waals surface area (Å²) in [5.74, 6) is 0. The van der Waals surface area contributed by atoms with Gasteiger partial charge in [0, 0.05) is 0 Å². The number of rotatable bonds is 1. The third kappa shape index (κ3) is 2.62. The molecule has 1 N–H and O–H groups in total. The molecule has 0 aromatic rings. The summed E-state index contributed by atoms with van der Waals surface area (Å²) < 4.78 is 0. The van der Waals surface area contributed by atoms with E-state index in [1.165, 1.54) is 70.9 Å². The van der Waals surface area contributed by atoms with Crippen LogP contribution in [0.15, 0.2) is 0 Å². The number of hydrogen-bond donors (Lipinski definition) is 1. The summed E-state index contributed by atoms with van der Waals surface area (Å²) in [5.41, 5.74) is 0.584. The van der Waals surface area contributed by atoms with Gasteiger partial charge in [0.15, 0.2) is 0 Å². The van der Waals surface area contributed by atoms with Gasteiger partial charge in [-0.25, -0.2) is 0 Å². The van der Waals surface area contributed by atoms with Gasteiger partial charge in [0.05, 0.1) is 0 Å². The average molecular weight is 241 g/mol. The highest BCUT2D eigenvalue weighted by Gasteiger charge is 2.43. The first kappa shape index (κ1) is 12.8. The fraction of sp³-hybridized carbons (Fsp3) is 1.00. The zero-order valence-electron chi connectivity index (χ0n) is 10.9. The lowest BCUT2D eigenvalue weighted by Crippen LogP contribution is -2.41. The molecule has 1 saturated carbocycles. The molecule has 1 heterocycles. The molecule has 1 nitrogen and oxygen atoms in total. The van der Waals surface area contributed by atoms with Crippen molar-refractivity contribution in [2.45, 2.75) is 69.9 Å². The van der Waals surface area contributed by atoms with Crippen LogP contribution in [0.5, 0.6) is 0 Å². The van der Waals surface area contributed by atoms with Crippen LogP contribution in [0, 0.1) is 5.41 Å². The van der Waals surface area contributed by atoms with Gasteiger partial charge in [0.25, 0.3) is 0 Å². The largest absolute Gasteiger partial charge is 0.317 e. The van der Waals surface area contributed by atoms with Crippen LogP contribution in [0.3, 0.4) is 0 Å². The zero-order valence-corrected chi connectivity index (χ0v) is 12.0. The Hall–Kier alpha value is 0.390. The average Bonchev–Trinajstić information content (AvgIpc) is 2.61. The van der Waals surface area contributed by atoms with Crippen LogP contribution in [0.2, 0.25) is 0 Å². The van der Waals surface area contributed by atoms with Gasteiger partial charge in [0.2, 0.25) is 0 Å². The molecule has 1 saturated heterocycles. The minimum atomic E-state index is 0.515. The Balaban J connectivity index is 2.11. The van der Waals surface area contributed by atoms with Gasteiger partial charge >= 0.3 is 0 Å². The van der Waals surface area contributed by atoms with E-state index >= 15 is 0 Å². The highest BCUT2D eigenvalue weighted by atomic mass is 31.0. The molecule has 2 atom stereocenters. The lowest BCUT2D eigenvalue weighted by molar-refractivity contribution is 0.172. The molecule has 1 aliphatic carbocycles. The van der Waals surface area contributed by atoms with E-state index in [-0.39, 0.29) is 0 Å². The van der Waals surface area contributed by atoms with Crippen LogP contribution in [0.4, 0.5) is 0 Å². The van der Waals surface area contributed by atoms with Gasteiger partial charge in [0.1, 0.15) is 0 Å². The monoisotopic (exact) mass is 241 g/mol. The summed E-state index contributed by atoms with van der Waals surface area (Å²) in [7, 11) is 3.28. The van der Waals surface area contributed by atoms with Crippen molar-refractivity contribution in [1.29, 1.82) is 0 Å². The molecule has 0 spiro atoms. The lowest BCUT2D eigenvalue weighted by atomic mass is 9.68. The summed E-state index contributed by atoms with van der Waals surface area (Å²) in [6.07, 6.45) is 12.9. The van der Waals surface area contributed by atoms with Gasteiger partial charge in [-0.2, -0.15) is 0 Å². The second-order valence-electron chi connectivity index (χ2n) is 6.23. The molecule has 0 radical (unpaired) electrons. The third-order valence-corrected chi connectivity index (χ3v) is 6.41. The summed E-state index contributed by atoms with van der Waals surface area (Å²) in [5, 5.41) is 4.08.